The first kappa shape index (κ1) is 13.6. The van der Waals surface area contributed by atoms with Gasteiger partial charge in [0.05, 0.1) is 21.5 Å². The lowest BCUT2D eigenvalue weighted by Gasteiger charge is -2.09. The van der Waals surface area contributed by atoms with Gasteiger partial charge in [0.25, 0.3) is 0 Å². The molecule has 0 saturated heterocycles. The molecule has 0 heterocycles. The zero-order valence-electron chi connectivity index (χ0n) is 8.63. The lowest BCUT2D eigenvalue weighted by atomic mass is 10.3. The molecule has 0 spiro atoms. The van der Waals surface area contributed by atoms with Crippen LogP contribution in [0, 0.1) is 0 Å². The van der Waals surface area contributed by atoms with Crippen molar-refractivity contribution < 1.29 is 8.42 Å². The Balaban J connectivity index is 2.84. The van der Waals surface area contributed by atoms with E-state index in [1.165, 1.54) is 0 Å². The molecule has 2 N–H and O–H groups in total. The quantitative estimate of drug-likeness (QED) is 0.868. The van der Waals surface area contributed by atoms with Crippen molar-refractivity contribution in [2.24, 2.45) is 0 Å². The average Bonchev–Trinajstić information content (AvgIpc) is 2.22. The molecule has 0 aliphatic rings. The van der Waals surface area contributed by atoms with Gasteiger partial charge < -0.3 is 5.32 Å². The van der Waals surface area contributed by atoms with Crippen molar-refractivity contribution in [1.82, 2.24) is 5.32 Å². The van der Waals surface area contributed by atoms with Crippen molar-refractivity contribution in [3.8, 4) is 0 Å². The molecule has 90 valence electrons. The molecule has 0 atom stereocenters. The van der Waals surface area contributed by atoms with Crippen molar-refractivity contribution in [1.29, 1.82) is 0 Å². The van der Waals surface area contributed by atoms with Crippen molar-refractivity contribution in [2.45, 2.75) is 0 Å². The number of anilines is 1. The average molecular weight is 283 g/mol. The molecular formula is C9H12Cl2N2O2S. The topological polar surface area (TPSA) is 58.2 Å². The fourth-order valence-electron chi connectivity index (χ4n) is 1.04. The standard InChI is InChI=1S/C9H12Cl2N2O2S/c1-12-5-6-16(14,15)13-8-4-2-3-7(10)9(8)11/h2-4,12-13H,5-6H2,1H3. The van der Waals surface area contributed by atoms with E-state index in [-0.39, 0.29) is 10.8 Å². The van der Waals surface area contributed by atoms with E-state index >= 15 is 0 Å². The highest BCUT2D eigenvalue weighted by molar-refractivity contribution is 7.92. The molecule has 0 saturated carbocycles. The van der Waals surface area contributed by atoms with Crippen LogP contribution < -0.4 is 10.0 Å². The van der Waals surface area contributed by atoms with Crippen LogP contribution in [0.25, 0.3) is 0 Å². The molecule has 0 radical (unpaired) electrons. The van der Waals surface area contributed by atoms with Crippen LogP contribution in [0.2, 0.25) is 10.0 Å². The van der Waals surface area contributed by atoms with Gasteiger partial charge in [0.1, 0.15) is 0 Å². The largest absolute Gasteiger partial charge is 0.319 e. The van der Waals surface area contributed by atoms with Crippen molar-refractivity contribution >= 4 is 38.9 Å². The van der Waals surface area contributed by atoms with E-state index in [9.17, 15) is 8.42 Å². The monoisotopic (exact) mass is 282 g/mol. The number of halogens is 2. The minimum absolute atomic E-state index is 0.0215. The zero-order chi connectivity index (χ0) is 12.2. The molecule has 7 heteroatoms. The lowest BCUT2D eigenvalue weighted by molar-refractivity contribution is 0.599. The second kappa shape index (κ2) is 5.72. The van der Waals surface area contributed by atoms with Crippen LogP contribution in [0.15, 0.2) is 18.2 Å². The van der Waals surface area contributed by atoms with E-state index < -0.39 is 10.0 Å². The summed E-state index contributed by atoms with van der Waals surface area (Å²) in [5.41, 5.74) is 0.297. The summed E-state index contributed by atoms with van der Waals surface area (Å²) in [5, 5.41) is 3.28. The van der Waals surface area contributed by atoms with Gasteiger partial charge in [-0.15, -0.1) is 0 Å². The van der Waals surface area contributed by atoms with Gasteiger partial charge in [0, 0.05) is 6.54 Å². The summed E-state index contributed by atoms with van der Waals surface area (Å²) in [5.74, 6) is -0.0215. The van der Waals surface area contributed by atoms with Crippen LogP contribution in [-0.2, 0) is 10.0 Å². The Morgan fingerprint density at radius 1 is 1.31 bits per heavy atom. The van der Waals surface area contributed by atoms with Crippen LogP contribution in [-0.4, -0.2) is 27.8 Å². The fourth-order valence-corrected chi connectivity index (χ4v) is 2.52. The lowest BCUT2D eigenvalue weighted by Crippen LogP contribution is -2.24. The minimum atomic E-state index is -3.39. The number of benzene rings is 1. The molecular weight excluding hydrogens is 271 g/mol. The molecule has 1 aromatic carbocycles. The van der Waals surface area contributed by atoms with Gasteiger partial charge in [-0.3, -0.25) is 4.72 Å². The van der Waals surface area contributed by atoms with Crippen LogP contribution in [0.1, 0.15) is 0 Å². The maximum absolute atomic E-state index is 11.6. The fraction of sp³-hybridized carbons (Fsp3) is 0.333. The molecule has 0 aliphatic heterocycles. The molecule has 0 amide bonds. The van der Waals surface area contributed by atoms with Crippen LogP contribution in [0.5, 0.6) is 0 Å². The first-order valence-electron chi connectivity index (χ1n) is 4.55. The van der Waals surface area contributed by atoms with Crippen LogP contribution in [0.4, 0.5) is 5.69 Å². The van der Waals surface area contributed by atoms with E-state index in [1.54, 1.807) is 25.2 Å². The van der Waals surface area contributed by atoms with Crippen molar-refractivity contribution in [3.05, 3.63) is 28.2 Å². The first-order valence-corrected chi connectivity index (χ1v) is 6.96. The van der Waals surface area contributed by atoms with E-state index in [0.29, 0.717) is 17.3 Å². The summed E-state index contributed by atoms with van der Waals surface area (Å²) < 4.78 is 25.5. The Bertz CT molecular complexity index is 463. The zero-order valence-corrected chi connectivity index (χ0v) is 11.0. The molecule has 0 fully saturated rings. The van der Waals surface area contributed by atoms with E-state index in [2.05, 4.69) is 10.0 Å². The summed E-state index contributed by atoms with van der Waals surface area (Å²) in [6.45, 7) is 0.369. The SMILES string of the molecule is CNCCS(=O)(=O)Nc1cccc(Cl)c1Cl. The maximum Gasteiger partial charge on any atom is 0.234 e. The Labute approximate surface area is 105 Å². The van der Waals surface area contributed by atoms with E-state index in [4.69, 9.17) is 23.2 Å². The van der Waals surface area contributed by atoms with Gasteiger partial charge in [0.15, 0.2) is 0 Å². The smallest absolute Gasteiger partial charge is 0.234 e. The molecule has 16 heavy (non-hydrogen) atoms. The summed E-state index contributed by atoms with van der Waals surface area (Å²) in [7, 11) is -1.71. The maximum atomic E-state index is 11.6. The summed E-state index contributed by atoms with van der Waals surface area (Å²) in [6, 6.07) is 4.78. The third-order valence-electron chi connectivity index (χ3n) is 1.84. The number of rotatable bonds is 5. The Morgan fingerprint density at radius 3 is 2.62 bits per heavy atom. The van der Waals surface area contributed by atoms with Crippen LogP contribution >= 0.6 is 23.2 Å². The molecule has 0 bridgehead atoms. The molecule has 0 unspecified atom stereocenters. The van der Waals surface area contributed by atoms with Gasteiger partial charge in [0.2, 0.25) is 10.0 Å². The van der Waals surface area contributed by atoms with Gasteiger partial charge in [-0.2, -0.15) is 0 Å². The van der Waals surface area contributed by atoms with Gasteiger partial charge in [-0.1, -0.05) is 29.3 Å². The van der Waals surface area contributed by atoms with Crippen LogP contribution in [0.3, 0.4) is 0 Å². The van der Waals surface area contributed by atoms with Gasteiger partial charge >= 0.3 is 0 Å². The number of nitrogens with one attached hydrogen (secondary N) is 2. The number of sulfonamides is 1. The van der Waals surface area contributed by atoms with Gasteiger partial charge in [-0.25, -0.2) is 8.42 Å². The molecule has 0 aromatic heterocycles. The molecule has 1 aromatic rings. The molecule has 1 rings (SSSR count). The van der Waals surface area contributed by atoms with Crippen molar-refractivity contribution in [2.75, 3.05) is 24.1 Å². The minimum Gasteiger partial charge on any atom is -0.319 e. The van der Waals surface area contributed by atoms with Gasteiger partial charge in [-0.05, 0) is 19.2 Å². The number of hydrogen-bond donors (Lipinski definition) is 2. The summed E-state index contributed by atoms with van der Waals surface area (Å²) in [6.07, 6.45) is 0. The summed E-state index contributed by atoms with van der Waals surface area (Å²) >= 11 is 11.6. The normalized spacial score (nSPS) is 11.4. The highest BCUT2D eigenvalue weighted by Crippen LogP contribution is 2.30. The number of hydrogen-bond acceptors (Lipinski definition) is 3. The first-order chi connectivity index (χ1) is 7.46. The second-order valence-electron chi connectivity index (χ2n) is 3.13. The Kier molecular flexibility index (Phi) is 4.86. The molecule has 4 nitrogen and oxygen atoms in total. The van der Waals surface area contributed by atoms with E-state index in [1.807, 2.05) is 0 Å². The predicted molar refractivity (Wildman–Crippen MR) is 67.8 cm³/mol. The Hall–Kier alpha value is -0.490. The highest BCUT2D eigenvalue weighted by atomic mass is 35.5. The third kappa shape index (κ3) is 3.83. The Morgan fingerprint density at radius 2 is 2.00 bits per heavy atom. The predicted octanol–water partition coefficient (Wildman–Crippen LogP) is 1.95. The highest BCUT2D eigenvalue weighted by Gasteiger charge is 2.12. The third-order valence-corrected chi connectivity index (χ3v) is 3.93. The summed E-state index contributed by atoms with van der Waals surface area (Å²) in [4.78, 5) is 0. The molecule has 0 aliphatic carbocycles. The van der Waals surface area contributed by atoms with E-state index in [0.717, 1.165) is 0 Å². The second-order valence-corrected chi connectivity index (χ2v) is 5.75. The van der Waals surface area contributed by atoms with Crippen molar-refractivity contribution in [3.63, 3.8) is 0 Å².